The second kappa shape index (κ2) is 6.10. The number of aromatic nitrogens is 1. The summed E-state index contributed by atoms with van der Waals surface area (Å²) in [4.78, 5) is 14.7. The first-order chi connectivity index (χ1) is 8.24. The number of aliphatic carboxylic acids is 1. The number of rotatable bonds is 5. The molecule has 1 fully saturated rings. The lowest BCUT2D eigenvalue weighted by molar-refractivity contribution is -0.137. The largest absolute Gasteiger partial charge is 0.481 e. The Bertz CT molecular complexity index is 372. The first kappa shape index (κ1) is 12.5. The Hall–Kier alpha value is -0.970. The average Bonchev–Trinajstić information content (AvgIpc) is 2.75. The van der Waals surface area contributed by atoms with Gasteiger partial charge in [-0.25, -0.2) is 4.98 Å². The van der Waals surface area contributed by atoms with Gasteiger partial charge in [0.1, 0.15) is 5.76 Å². The van der Waals surface area contributed by atoms with Crippen molar-refractivity contribution in [3.05, 3.63) is 17.8 Å². The third kappa shape index (κ3) is 4.07. The SMILES string of the molecule is O=C(O)CCc1cnc(CC2CCCSC2)o1. The van der Waals surface area contributed by atoms with Crippen LogP contribution in [-0.2, 0) is 17.6 Å². The minimum Gasteiger partial charge on any atom is -0.481 e. The third-order valence-corrected chi connectivity index (χ3v) is 4.19. The summed E-state index contributed by atoms with van der Waals surface area (Å²) in [5.74, 6) is 3.77. The molecule has 4 nitrogen and oxygen atoms in total. The van der Waals surface area contributed by atoms with Crippen molar-refractivity contribution >= 4 is 17.7 Å². The minimum atomic E-state index is -0.799. The maximum absolute atomic E-state index is 10.4. The van der Waals surface area contributed by atoms with Crippen LogP contribution >= 0.6 is 11.8 Å². The fraction of sp³-hybridized carbons (Fsp3) is 0.667. The minimum absolute atomic E-state index is 0.105. The molecule has 0 spiro atoms. The number of thioether (sulfide) groups is 1. The molecule has 1 aromatic rings. The van der Waals surface area contributed by atoms with Gasteiger partial charge in [-0.15, -0.1) is 0 Å². The van der Waals surface area contributed by atoms with E-state index in [1.807, 2.05) is 11.8 Å². The van der Waals surface area contributed by atoms with E-state index < -0.39 is 5.97 Å². The van der Waals surface area contributed by atoms with Gasteiger partial charge in [-0.2, -0.15) is 11.8 Å². The Kier molecular flexibility index (Phi) is 4.48. The molecular formula is C12H17NO3S. The van der Waals surface area contributed by atoms with Gasteiger partial charge in [-0.05, 0) is 30.3 Å². The summed E-state index contributed by atoms with van der Waals surface area (Å²) in [5.41, 5.74) is 0. The molecule has 2 heterocycles. The smallest absolute Gasteiger partial charge is 0.303 e. The van der Waals surface area contributed by atoms with Crippen molar-refractivity contribution in [3.8, 4) is 0 Å². The molecule has 1 saturated heterocycles. The van der Waals surface area contributed by atoms with Crippen molar-refractivity contribution in [2.24, 2.45) is 5.92 Å². The zero-order valence-corrected chi connectivity index (χ0v) is 10.5. The molecule has 94 valence electrons. The van der Waals surface area contributed by atoms with Gasteiger partial charge in [0.05, 0.1) is 12.6 Å². The van der Waals surface area contributed by atoms with E-state index in [1.165, 1.54) is 24.3 Å². The summed E-state index contributed by atoms with van der Waals surface area (Å²) in [6.45, 7) is 0. The van der Waals surface area contributed by atoms with Crippen LogP contribution in [0.3, 0.4) is 0 Å². The van der Waals surface area contributed by atoms with Gasteiger partial charge in [-0.1, -0.05) is 0 Å². The predicted octanol–water partition coefficient (Wildman–Crippen LogP) is 2.38. The summed E-state index contributed by atoms with van der Waals surface area (Å²) in [6, 6.07) is 0. The number of hydrogen-bond acceptors (Lipinski definition) is 4. The molecule has 1 atom stereocenters. The molecule has 0 aliphatic carbocycles. The molecule has 0 amide bonds. The molecule has 2 rings (SSSR count). The van der Waals surface area contributed by atoms with E-state index in [-0.39, 0.29) is 6.42 Å². The highest BCUT2D eigenvalue weighted by Crippen LogP contribution is 2.25. The summed E-state index contributed by atoms with van der Waals surface area (Å²) in [5, 5.41) is 8.58. The molecule has 1 unspecified atom stereocenters. The van der Waals surface area contributed by atoms with Crippen LogP contribution in [0.25, 0.3) is 0 Å². The molecule has 17 heavy (non-hydrogen) atoms. The van der Waals surface area contributed by atoms with Crippen molar-refractivity contribution in [2.75, 3.05) is 11.5 Å². The van der Waals surface area contributed by atoms with Gasteiger partial charge in [0.15, 0.2) is 5.89 Å². The van der Waals surface area contributed by atoms with Crippen LogP contribution in [0.2, 0.25) is 0 Å². The number of carboxylic acid groups (broad SMARTS) is 1. The molecule has 1 N–H and O–H groups in total. The van der Waals surface area contributed by atoms with Gasteiger partial charge < -0.3 is 9.52 Å². The molecule has 0 bridgehead atoms. The van der Waals surface area contributed by atoms with Crippen LogP contribution in [0, 0.1) is 5.92 Å². The van der Waals surface area contributed by atoms with Crippen LogP contribution < -0.4 is 0 Å². The van der Waals surface area contributed by atoms with Gasteiger partial charge >= 0.3 is 5.97 Å². The van der Waals surface area contributed by atoms with Crippen LogP contribution in [0.15, 0.2) is 10.6 Å². The van der Waals surface area contributed by atoms with E-state index in [9.17, 15) is 4.79 Å². The van der Waals surface area contributed by atoms with Crippen LogP contribution in [0.5, 0.6) is 0 Å². The standard InChI is InChI=1S/C12H17NO3S/c14-12(15)4-3-10-7-13-11(16-10)6-9-2-1-5-17-8-9/h7,9H,1-6,8H2,(H,14,15). The summed E-state index contributed by atoms with van der Waals surface area (Å²) < 4.78 is 5.55. The van der Waals surface area contributed by atoms with Crippen LogP contribution in [0.1, 0.15) is 30.9 Å². The molecule has 5 heteroatoms. The van der Waals surface area contributed by atoms with E-state index in [4.69, 9.17) is 9.52 Å². The Balaban J connectivity index is 1.82. The third-order valence-electron chi connectivity index (χ3n) is 2.90. The molecular weight excluding hydrogens is 238 g/mol. The summed E-state index contributed by atoms with van der Waals surface area (Å²) in [6.07, 6.45) is 5.62. The fourth-order valence-corrected chi connectivity index (χ4v) is 3.16. The molecule has 1 aliphatic heterocycles. The molecule has 1 aliphatic rings. The second-order valence-electron chi connectivity index (χ2n) is 4.40. The van der Waals surface area contributed by atoms with Crippen molar-refractivity contribution < 1.29 is 14.3 Å². The number of aryl methyl sites for hydroxylation is 1. The highest BCUT2D eigenvalue weighted by molar-refractivity contribution is 7.99. The fourth-order valence-electron chi connectivity index (χ4n) is 2.00. The highest BCUT2D eigenvalue weighted by Gasteiger charge is 2.17. The maximum Gasteiger partial charge on any atom is 0.303 e. The molecule has 1 aromatic heterocycles. The first-order valence-electron chi connectivity index (χ1n) is 5.97. The lowest BCUT2D eigenvalue weighted by Gasteiger charge is -2.19. The zero-order chi connectivity index (χ0) is 12.1. The predicted molar refractivity (Wildman–Crippen MR) is 66.2 cm³/mol. The van der Waals surface area contributed by atoms with Gasteiger partial charge in [0, 0.05) is 12.8 Å². The topological polar surface area (TPSA) is 63.3 Å². The average molecular weight is 255 g/mol. The number of carboxylic acids is 1. The van der Waals surface area contributed by atoms with E-state index in [0.717, 1.165) is 12.3 Å². The lowest BCUT2D eigenvalue weighted by Crippen LogP contribution is -2.13. The quantitative estimate of drug-likeness (QED) is 0.875. The zero-order valence-electron chi connectivity index (χ0n) is 9.72. The number of carbonyl (C=O) groups is 1. The normalized spacial score (nSPS) is 20.4. The van der Waals surface area contributed by atoms with Crippen molar-refractivity contribution in [3.63, 3.8) is 0 Å². The van der Waals surface area contributed by atoms with Crippen molar-refractivity contribution in [1.82, 2.24) is 4.98 Å². The highest BCUT2D eigenvalue weighted by atomic mass is 32.2. The molecule has 0 aromatic carbocycles. The summed E-state index contributed by atoms with van der Waals surface area (Å²) >= 11 is 2.00. The van der Waals surface area contributed by atoms with Crippen molar-refractivity contribution in [1.29, 1.82) is 0 Å². The molecule has 0 saturated carbocycles. The van der Waals surface area contributed by atoms with E-state index in [2.05, 4.69) is 4.98 Å². The number of oxazole rings is 1. The van der Waals surface area contributed by atoms with Crippen LogP contribution in [-0.4, -0.2) is 27.6 Å². The van der Waals surface area contributed by atoms with E-state index >= 15 is 0 Å². The second-order valence-corrected chi connectivity index (χ2v) is 5.55. The maximum atomic E-state index is 10.4. The Labute approximate surface area is 105 Å². The Morgan fingerprint density at radius 1 is 1.65 bits per heavy atom. The van der Waals surface area contributed by atoms with E-state index in [0.29, 0.717) is 18.1 Å². The molecule has 0 radical (unpaired) electrons. The first-order valence-corrected chi connectivity index (χ1v) is 7.12. The van der Waals surface area contributed by atoms with Gasteiger partial charge in [0.2, 0.25) is 0 Å². The number of hydrogen-bond donors (Lipinski definition) is 1. The van der Waals surface area contributed by atoms with Gasteiger partial charge in [-0.3, -0.25) is 4.79 Å². The Morgan fingerprint density at radius 3 is 3.24 bits per heavy atom. The lowest BCUT2D eigenvalue weighted by atomic mass is 10.0. The Morgan fingerprint density at radius 2 is 2.53 bits per heavy atom. The van der Waals surface area contributed by atoms with Gasteiger partial charge in [0.25, 0.3) is 0 Å². The summed E-state index contributed by atoms with van der Waals surface area (Å²) in [7, 11) is 0. The van der Waals surface area contributed by atoms with Crippen molar-refractivity contribution in [2.45, 2.75) is 32.1 Å². The number of nitrogens with zero attached hydrogens (tertiary/aromatic N) is 1. The van der Waals surface area contributed by atoms with E-state index in [1.54, 1.807) is 6.20 Å². The van der Waals surface area contributed by atoms with Crippen LogP contribution in [0.4, 0.5) is 0 Å². The monoisotopic (exact) mass is 255 g/mol.